The summed E-state index contributed by atoms with van der Waals surface area (Å²) in [5.74, 6) is 1.02. The zero-order valence-electron chi connectivity index (χ0n) is 16.2. The van der Waals surface area contributed by atoms with Crippen LogP contribution in [0.15, 0.2) is 48.5 Å². The summed E-state index contributed by atoms with van der Waals surface area (Å²) in [6, 6.07) is 15.0. The van der Waals surface area contributed by atoms with Crippen molar-refractivity contribution in [2.75, 3.05) is 26.6 Å². The number of ether oxygens (including phenoxy) is 3. The topological polar surface area (TPSA) is 69.7 Å². The molecule has 0 spiro atoms. The fraction of sp³-hybridized carbons (Fsp3) is 0.238. The Labute approximate surface area is 168 Å². The van der Waals surface area contributed by atoms with Crippen LogP contribution in [0.2, 0.25) is 0 Å². The largest absolute Gasteiger partial charge is 0.493 e. The van der Waals surface area contributed by atoms with Crippen LogP contribution in [-0.4, -0.2) is 32.2 Å². The van der Waals surface area contributed by atoms with E-state index in [1.807, 2.05) is 55.5 Å². The second-order valence-corrected chi connectivity index (χ2v) is 7.21. The van der Waals surface area contributed by atoms with Crippen molar-refractivity contribution in [3.05, 3.63) is 59.0 Å². The Morgan fingerprint density at radius 2 is 1.75 bits per heavy atom. The highest BCUT2D eigenvalue weighted by Gasteiger charge is 2.22. The molecule has 1 atom stereocenters. The van der Waals surface area contributed by atoms with E-state index in [1.165, 1.54) is 18.4 Å². The summed E-state index contributed by atoms with van der Waals surface area (Å²) in [5.41, 5.74) is 2.46. The van der Waals surface area contributed by atoms with E-state index in [0.717, 1.165) is 21.7 Å². The van der Waals surface area contributed by atoms with Crippen molar-refractivity contribution >= 4 is 22.4 Å². The van der Waals surface area contributed by atoms with Gasteiger partial charge in [-0.15, -0.1) is 11.3 Å². The predicted octanol–water partition coefficient (Wildman–Crippen LogP) is 4.46. The van der Waals surface area contributed by atoms with E-state index in [1.54, 1.807) is 14.2 Å². The van der Waals surface area contributed by atoms with Gasteiger partial charge in [0.1, 0.15) is 0 Å². The number of anilines is 1. The van der Waals surface area contributed by atoms with Gasteiger partial charge in [0.2, 0.25) is 0 Å². The van der Waals surface area contributed by atoms with Gasteiger partial charge in [0.25, 0.3) is 5.91 Å². The first kappa shape index (κ1) is 19.9. The highest BCUT2D eigenvalue weighted by atomic mass is 32.1. The molecule has 0 aliphatic heterocycles. The van der Waals surface area contributed by atoms with Gasteiger partial charge in [-0.3, -0.25) is 10.1 Å². The number of nitrogens with zero attached hydrogens (tertiary/aromatic N) is 1. The number of methoxy groups -OCH3 is 3. The molecule has 0 fully saturated rings. The molecule has 3 aromatic rings. The Bertz CT molecular complexity index is 956. The van der Waals surface area contributed by atoms with Gasteiger partial charge in [0.15, 0.2) is 22.7 Å². The SMILES string of the molecule is COc1ccc(-c2nc(NC(=O)C(OC)c3ccccc3)sc2C)cc1OC. The molecule has 2 aromatic carbocycles. The molecule has 0 aliphatic carbocycles. The number of hydrogen-bond donors (Lipinski definition) is 1. The third kappa shape index (κ3) is 4.16. The Hall–Kier alpha value is -2.90. The third-order valence-electron chi connectivity index (χ3n) is 4.26. The van der Waals surface area contributed by atoms with Crippen LogP contribution < -0.4 is 14.8 Å². The molecule has 1 unspecified atom stereocenters. The molecule has 1 heterocycles. The van der Waals surface area contributed by atoms with Gasteiger partial charge < -0.3 is 14.2 Å². The number of thiazole rings is 1. The Balaban J connectivity index is 1.83. The van der Waals surface area contributed by atoms with Crippen LogP contribution in [0.5, 0.6) is 11.5 Å². The van der Waals surface area contributed by atoms with Gasteiger partial charge in [0, 0.05) is 17.6 Å². The normalized spacial score (nSPS) is 11.7. The van der Waals surface area contributed by atoms with Gasteiger partial charge in [-0.05, 0) is 30.7 Å². The summed E-state index contributed by atoms with van der Waals surface area (Å²) in [4.78, 5) is 18.3. The summed E-state index contributed by atoms with van der Waals surface area (Å²) >= 11 is 1.41. The quantitative estimate of drug-likeness (QED) is 0.636. The maximum atomic E-state index is 12.7. The van der Waals surface area contributed by atoms with Crippen molar-refractivity contribution in [1.82, 2.24) is 4.98 Å². The molecule has 1 amide bonds. The van der Waals surface area contributed by atoms with Crippen molar-refractivity contribution in [3.8, 4) is 22.8 Å². The molecule has 28 heavy (non-hydrogen) atoms. The third-order valence-corrected chi connectivity index (χ3v) is 5.15. The predicted molar refractivity (Wildman–Crippen MR) is 110 cm³/mol. The molecule has 6 nitrogen and oxygen atoms in total. The second-order valence-electron chi connectivity index (χ2n) is 6.01. The highest BCUT2D eigenvalue weighted by Crippen LogP contribution is 2.36. The average molecular weight is 398 g/mol. The Morgan fingerprint density at radius 1 is 1.04 bits per heavy atom. The lowest BCUT2D eigenvalue weighted by Crippen LogP contribution is -2.22. The Kier molecular flexibility index (Phi) is 6.28. The summed E-state index contributed by atoms with van der Waals surface area (Å²) in [6.07, 6.45) is -0.699. The van der Waals surface area contributed by atoms with Crippen LogP contribution in [-0.2, 0) is 9.53 Å². The molecule has 1 N–H and O–H groups in total. The first-order valence-corrected chi connectivity index (χ1v) is 9.47. The van der Waals surface area contributed by atoms with Gasteiger partial charge in [-0.25, -0.2) is 4.98 Å². The van der Waals surface area contributed by atoms with Gasteiger partial charge >= 0.3 is 0 Å². The lowest BCUT2D eigenvalue weighted by molar-refractivity contribution is -0.126. The summed E-state index contributed by atoms with van der Waals surface area (Å²) < 4.78 is 16.0. The molecule has 0 radical (unpaired) electrons. The van der Waals surface area contributed by atoms with Crippen molar-refractivity contribution in [1.29, 1.82) is 0 Å². The standard InChI is InChI=1S/C21H22N2O4S/c1-13-18(15-10-11-16(25-2)17(12-15)26-3)22-21(28-13)23-20(24)19(27-4)14-8-6-5-7-9-14/h5-12,19H,1-4H3,(H,22,23,24). The number of carbonyl (C=O) groups excluding carboxylic acids is 1. The molecule has 0 aliphatic rings. The number of rotatable bonds is 7. The summed E-state index contributed by atoms with van der Waals surface area (Å²) in [7, 11) is 4.70. The molecule has 7 heteroatoms. The monoisotopic (exact) mass is 398 g/mol. The van der Waals surface area contributed by atoms with E-state index >= 15 is 0 Å². The first-order valence-electron chi connectivity index (χ1n) is 8.65. The fourth-order valence-corrected chi connectivity index (χ4v) is 3.73. The average Bonchev–Trinajstić information content (AvgIpc) is 3.08. The van der Waals surface area contributed by atoms with E-state index < -0.39 is 6.10 Å². The van der Waals surface area contributed by atoms with Gasteiger partial charge in [0.05, 0.1) is 19.9 Å². The number of nitrogens with one attached hydrogen (secondary N) is 1. The van der Waals surface area contributed by atoms with E-state index in [-0.39, 0.29) is 5.91 Å². The number of carbonyl (C=O) groups is 1. The van der Waals surface area contributed by atoms with Crippen LogP contribution in [0.3, 0.4) is 0 Å². The summed E-state index contributed by atoms with van der Waals surface area (Å²) in [5, 5.41) is 3.38. The van der Waals surface area contributed by atoms with Crippen LogP contribution in [0.4, 0.5) is 5.13 Å². The van der Waals surface area contributed by atoms with Crippen LogP contribution in [0, 0.1) is 6.92 Å². The van der Waals surface area contributed by atoms with Crippen LogP contribution in [0.25, 0.3) is 11.3 Å². The van der Waals surface area contributed by atoms with Crippen LogP contribution in [0.1, 0.15) is 16.5 Å². The smallest absolute Gasteiger partial charge is 0.259 e. The minimum Gasteiger partial charge on any atom is -0.493 e. The van der Waals surface area contributed by atoms with Gasteiger partial charge in [-0.2, -0.15) is 0 Å². The molecule has 3 rings (SSSR count). The minimum atomic E-state index is -0.699. The number of hydrogen-bond acceptors (Lipinski definition) is 6. The number of aryl methyl sites for hydroxylation is 1. The molecule has 146 valence electrons. The second kappa shape index (κ2) is 8.86. The number of benzene rings is 2. The van der Waals surface area contributed by atoms with Gasteiger partial charge in [-0.1, -0.05) is 30.3 Å². The molecular formula is C21H22N2O4S. The lowest BCUT2D eigenvalue weighted by atomic mass is 10.1. The maximum Gasteiger partial charge on any atom is 0.259 e. The maximum absolute atomic E-state index is 12.7. The van der Waals surface area contributed by atoms with E-state index in [0.29, 0.717) is 16.6 Å². The number of amides is 1. The fourth-order valence-electron chi connectivity index (χ4n) is 2.89. The minimum absolute atomic E-state index is 0.263. The zero-order valence-corrected chi connectivity index (χ0v) is 17.0. The molecule has 0 saturated carbocycles. The molecule has 0 bridgehead atoms. The van der Waals surface area contributed by atoms with E-state index in [9.17, 15) is 4.79 Å². The van der Waals surface area contributed by atoms with Crippen molar-refractivity contribution in [3.63, 3.8) is 0 Å². The molecule has 0 saturated heterocycles. The zero-order chi connectivity index (χ0) is 20.1. The lowest BCUT2D eigenvalue weighted by Gasteiger charge is -2.14. The highest BCUT2D eigenvalue weighted by molar-refractivity contribution is 7.16. The summed E-state index contributed by atoms with van der Waals surface area (Å²) in [6.45, 7) is 1.96. The molecular weight excluding hydrogens is 376 g/mol. The van der Waals surface area contributed by atoms with Crippen molar-refractivity contribution < 1.29 is 19.0 Å². The van der Waals surface area contributed by atoms with E-state index in [2.05, 4.69) is 10.3 Å². The molecule has 1 aromatic heterocycles. The van der Waals surface area contributed by atoms with Crippen LogP contribution >= 0.6 is 11.3 Å². The van der Waals surface area contributed by atoms with Crippen molar-refractivity contribution in [2.24, 2.45) is 0 Å². The Morgan fingerprint density at radius 3 is 2.39 bits per heavy atom. The number of aromatic nitrogens is 1. The van der Waals surface area contributed by atoms with E-state index in [4.69, 9.17) is 14.2 Å². The first-order chi connectivity index (χ1) is 13.6. The van der Waals surface area contributed by atoms with Crippen molar-refractivity contribution in [2.45, 2.75) is 13.0 Å².